The van der Waals surface area contributed by atoms with E-state index < -0.39 is 0 Å². The summed E-state index contributed by atoms with van der Waals surface area (Å²) in [5.74, 6) is 0.854. The number of amides is 2. The van der Waals surface area contributed by atoms with E-state index in [1.807, 2.05) is 4.90 Å². The van der Waals surface area contributed by atoms with Crippen LogP contribution in [0.4, 0.5) is 4.79 Å². The number of carbonyl (C=O) groups is 1. The minimum absolute atomic E-state index is 0.109. The van der Waals surface area contributed by atoms with Gasteiger partial charge >= 0.3 is 6.03 Å². The zero-order chi connectivity index (χ0) is 11.0. The fourth-order valence-corrected chi connectivity index (χ4v) is 3.11. The molecule has 2 amide bonds. The minimum Gasteiger partial charge on any atom is -0.336 e. The Hall–Kier alpha value is -0.810. The van der Waals surface area contributed by atoms with Crippen molar-refractivity contribution in [3.63, 3.8) is 0 Å². The van der Waals surface area contributed by atoms with Gasteiger partial charge in [0, 0.05) is 45.3 Å². The van der Waals surface area contributed by atoms with Gasteiger partial charge in [-0.1, -0.05) is 0 Å². The average molecular weight is 224 g/mol. The van der Waals surface area contributed by atoms with Crippen molar-refractivity contribution in [3.05, 3.63) is 0 Å². The number of carbonyl (C=O) groups excluding carboxylic acids is 1. The van der Waals surface area contributed by atoms with Gasteiger partial charge in [-0.15, -0.1) is 0 Å². The molecule has 2 atom stereocenters. The number of hydrogen-bond acceptors (Lipinski definition) is 3. The maximum absolute atomic E-state index is 11.4. The van der Waals surface area contributed by atoms with E-state index in [0.29, 0.717) is 6.04 Å². The first-order chi connectivity index (χ1) is 7.83. The molecule has 16 heavy (non-hydrogen) atoms. The molecule has 0 aromatic carbocycles. The molecule has 3 saturated heterocycles. The molecule has 3 fully saturated rings. The highest BCUT2D eigenvalue weighted by Gasteiger charge is 2.35. The third-order valence-corrected chi connectivity index (χ3v) is 4.07. The maximum atomic E-state index is 11.4. The predicted molar refractivity (Wildman–Crippen MR) is 61.3 cm³/mol. The average Bonchev–Trinajstić information content (AvgIpc) is 2.89. The Morgan fingerprint density at radius 1 is 1.25 bits per heavy atom. The van der Waals surface area contributed by atoms with Crippen LogP contribution in [-0.4, -0.2) is 67.7 Å². The highest BCUT2D eigenvalue weighted by Crippen LogP contribution is 2.24. The lowest BCUT2D eigenvalue weighted by Gasteiger charge is -2.20. The Kier molecular flexibility index (Phi) is 2.73. The van der Waals surface area contributed by atoms with Gasteiger partial charge in [0.2, 0.25) is 0 Å². The van der Waals surface area contributed by atoms with Gasteiger partial charge in [-0.25, -0.2) is 4.79 Å². The van der Waals surface area contributed by atoms with Gasteiger partial charge in [0.05, 0.1) is 0 Å². The Morgan fingerprint density at radius 3 is 2.94 bits per heavy atom. The lowest BCUT2D eigenvalue weighted by atomic mass is 10.1. The summed E-state index contributed by atoms with van der Waals surface area (Å²) in [5, 5.41) is 6.39. The van der Waals surface area contributed by atoms with Crippen molar-refractivity contribution < 1.29 is 4.79 Å². The minimum atomic E-state index is 0.109. The van der Waals surface area contributed by atoms with Crippen LogP contribution in [-0.2, 0) is 0 Å². The number of urea groups is 1. The van der Waals surface area contributed by atoms with Crippen molar-refractivity contribution in [1.82, 2.24) is 20.4 Å². The summed E-state index contributed by atoms with van der Waals surface area (Å²) in [4.78, 5) is 15.8. The molecule has 90 valence electrons. The molecule has 5 heteroatoms. The van der Waals surface area contributed by atoms with E-state index in [9.17, 15) is 4.79 Å². The topological polar surface area (TPSA) is 47.6 Å². The molecule has 3 rings (SSSR count). The van der Waals surface area contributed by atoms with E-state index in [1.54, 1.807) is 0 Å². The van der Waals surface area contributed by atoms with Crippen LogP contribution in [0, 0.1) is 5.92 Å². The van der Waals surface area contributed by atoms with Gasteiger partial charge in [-0.3, -0.25) is 4.90 Å². The second kappa shape index (κ2) is 4.22. The van der Waals surface area contributed by atoms with Crippen LogP contribution in [0.2, 0.25) is 0 Å². The van der Waals surface area contributed by atoms with Crippen molar-refractivity contribution in [2.45, 2.75) is 12.5 Å². The summed E-state index contributed by atoms with van der Waals surface area (Å²) < 4.78 is 0. The van der Waals surface area contributed by atoms with Crippen LogP contribution in [0.15, 0.2) is 0 Å². The number of rotatable bonds is 3. The van der Waals surface area contributed by atoms with E-state index in [2.05, 4.69) is 15.5 Å². The molecule has 3 aliphatic rings. The maximum Gasteiger partial charge on any atom is 0.317 e. The second-order valence-electron chi connectivity index (χ2n) is 5.09. The van der Waals surface area contributed by atoms with Gasteiger partial charge in [0.1, 0.15) is 0 Å². The highest BCUT2D eigenvalue weighted by molar-refractivity contribution is 5.76. The zero-order valence-electron chi connectivity index (χ0n) is 9.61. The van der Waals surface area contributed by atoms with Gasteiger partial charge < -0.3 is 15.5 Å². The largest absolute Gasteiger partial charge is 0.336 e. The molecular weight excluding hydrogens is 204 g/mol. The molecule has 2 N–H and O–H groups in total. The summed E-state index contributed by atoms with van der Waals surface area (Å²) in [5.41, 5.74) is 0. The van der Waals surface area contributed by atoms with Crippen molar-refractivity contribution in [3.8, 4) is 0 Å². The molecule has 0 saturated carbocycles. The zero-order valence-corrected chi connectivity index (χ0v) is 9.61. The third kappa shape index (κ3) is 1.89. The molecule has 0 spiro atoms. The van der Waals surface area contributed by atoms with Crippen LogP contribution < -0.4 is 10.6 Å². The fraction of sp³-hybridized carbons (Fsp3) is 0.909. The Bertz CT molecular complexity index is 271. The van der Waals surface area contributed by atoms with Crippen LogP contribution >= 0.6 is 0 Å². The summed E-state index contributed by atoms with van der Waals surface area (Å²) in [6, 6.07) is 0.824. The van der Waals surface area contributed by atoms with Crippen molar-refractivity contribution in [2.24, 2.45) is 5.92 Å². The first-order valence-electron chi connectivity index (χ1n) is 6.31. The number of fused-ring (bicyclic) bond motifs is 1. The lowest BCUT2D eigenvalue weighted by molar-refractivity contribution is 0.206. The molecule has 0 aromatic rings. The first-order valence-corrected chi connectivity index (χ1v) is 6.31. The molecule has 5 nitrogen and oxygen atoms in total. The Morgan fingerprint density at radius 2 is 2.19 bits per heavy atom. The molecule has 0 bridgehead atoms. The SMILES string of the molecule is O=C1NCCN1CCN1C[C@@H]2CCN[C@@H]2C1. The Balaban J connectivity index is 1.44. The monoisotopic (exact) mass is 224 g/mol. The van der Waals surface area contributed by atoms with E-state index in [4.69, 9.17) is 0 Å². The van der Waals surface area contributed by atoms with Crippen molar-refractivity contribution in [2.75, 3.05) is 45.8 Å². The Labute approximate surface area is 96.2 Å². The standard InChI is InChI=1S/C11H20N4O/c16-11-13-3-4-15(11)6-5-14-7-9-1-2-12-10(9)8-14/h9-10,12H,1-8H2,(H,13,16)/t9-,10+/m0/s1. The number of nitrogens with zero attached hydrogens (tertiary/aromatic N) is 2. The fourth-order valence-electron chi connectivity index (χ4n) is 3.11. The number of likely N-dealkylation sites (tertiary alicyclic amines) is 1. The van der Waals surface area contributed by atoms with Crippen LogP contribution in [0.1, 0.15) is 6.42 Å². The van der Waals surface area contributed by atoms with E-state index in [0.717, 1.165) is 32.1 Å². The normalized spacial score (nSPS) is 34.5. The van der Waals surface area contributed by atoms with Crippen molar-refractivity contribution >= 4 is 6.03 Å². The van der Waals surface area contributed by atoms with Gasteiger partial charge in [-0.05, 0) is 18.9 Å². The van der Waals surface area contributed by atoms with Crippen molar-refractivity contribution in [1.29, 1.82) is 0 Å². The molecule has 0 aliphatic carbocycles. The van der Waals surface area contributed by atoms with Gasteiger partial charge in [0.15, 0.2) is 0 Å². The van der Waals surface area contributed by atoms with Gasteiger partial charge in [0.25, 0.3) is 0 Å². The number of hydrogen-bond donors (Lipinski definition) is 2. The smallest absolute Gasteiger partial charge is 0.317 e. The molecule has 3 aliphatic heterocycles. The quantitative estimate of drug-likeness (QED) is 0.667. The third-order valence-electron chi connectivity index (χ3n) is 4.07. The highest BCUT2D eigenvalue weighted by atomic mass is 16.2. The summed E-state index contributed by atoms with van der Waals surface area (Å²) in [7, 11) is 0. The molecule has 0 unspecified atom stereocenters. The van der Waals surface area contributed by atoms with E-state index in [1.165, 1.54) is 26.1 Å². The molecular formula is C11H20N4O. The summed E-state index contributed by atoms with van der Waals surface area (Å²) in [6.45, 7) is 7.17. The summed E-state index contributed by atoms with van der Waals surface area (Å²) in [6.07, 6.45) is 1.32. The van der Waals surface area contributed by atoms with Gasteiger partial charge in [-0.2, -0.15) is 0 Å². The second-order valence-corrected chi connectivity index (χ2v) is 5.09. The predicted octanol–water partition coefficient (Wildman–Crippen LogP) is -0.695. The molecule has 0 radical (unpaired) electrons. The lowest BCUT2D eigenvalue weighted by Crippen LogP contribution is -2.37. The summed E-state index contributed by atoms with van der Waals surface area (Å²) >= 11 is 0. The van der Waals surface area contributed by atoms with Crippen LogP contribution in [0.25, 0.3) is 0 Å². The molecule has 0 aromatic heterocycles. The van der Waals surface area contributed by atoms with E-state index in [-0.39, 0.29) is 6.03 Å². The van der Waals surface area contributed by atoms with Crippen LogP contribution in [0.5, 0.6) is 0 Å². The first kappa shape index (κ1) is 10.4. The van der Waals surface area contributed by atoms with E-state index >= 15 is 0 Å². The van der Waals surface area contributed by atoms with Crippen LogP contribution in [0.3, 0.4) is 0 Å². The number of nitrogens with one attached hydrogen (secondary N) is 2. The molecule has 3 heterocycles.